The number of carbonyl (C=O) groups excluding carboxylic acids is 2. The van der Waals surface area contributed by atoms with E-state index >= 15 is 0 Å². The van der Waals surface area contributed by atoms with E-state index in [9.17, 15) is 14.0 Å². The Morgan fingerprint density at radius 2 is 1.86 bits per heavy atom. The maximum Gasteiger partial charge on any atom is 0.237 e. The van der Waals surface area contributed by atoms with E-state index in [1.807, 2.05) is 25.1 Å². The van der Waals surface area contributed by atoms with Crippen LogP contribution in [0.3, 0.4) is 0 Å². The molecule has 5 nitrogen and oxygen atoms in total. The van der Waals surface area contributed by atoms with E-state index in [1.165, 1.54) is 24.4 Å². The number of aryl methyl sites for hydroxylation is 1. The Kier molecular flexibility index (Phi) is 4.88. The van der Waals surface area contributed by atoms with Gasteiger partial charge in [-0.2, -0.15) is 0 Å². The van der Waals surface area contributed by atoms with Crippen LogP contribution in [0.25, 0.3) is 10.9 Å². The molecule has 0 saturated carbocycles. The summed E-state index contributed by atoms with van der Waals surface area (Å²) >= 11 is 0. The number of carbonyl (C=O) groups is 2. The third-order valence-electron chi connectivity index (χ3n) is 4.86. The van der Waals surface area contributed by atoms with Gasteiger partial charge in [-0.15, -0.1) is 0 Å². The fraction of sp³-hybridized carbons (Fsp3) is 0.227. The van der Waals surface area contributed by atoms with Crippen LogP contribution in [0, 0.1) is 12.7 Å². The highest BCUT2D eigenvalue weighted by atomic mass is 19.1. The van der Waals surface area contributed by atoms with Gasteiger partial charge >= 0.3 is 0 Å². The first kappa shape index (κ1) is 18.3. The molecule has 0 atom stereocenters. The van der Waals surface area contributed by atoms with Crippen molar-refractivity contribution in [2.75, 3.05) is 31.2 Å². The Labute approximate surface area is 161 Å². The van der Waals surface area contributed by atoms with Crippen LogP contribution >= 0.6 is 0 Å². The fourth-order valence-electron chi connectivity index (χ4n) is 3.47. The summed E-state index contributed by atoms with van der Waals surface area (Å²) < 4.78 is 19.0. The van der Waals surface area contributed by atoms with Crippen LogP contribution in [0.5, 0.6) is 0 Å². The number of Topliss-reactive ketones (excluding diaryl/α,β-unsaturated/α-hetero) is 2. The second kappa shape index (κ2) is 7.48. The van der Waals surface area contributed by atoms with E-state index in [4.69, 9.17) is 4.74 Å². The number of aromatic nitrogens is 1. The average molecular weight is 378 g/mol. The van der Waals surface area contributed by atoms with E-state index in [0.717, 1.165) is 22.5 Å². The monoisotopic (exact) mass is 378 g/mol. The smallest absolute Gasteiger partial charge is 0.237 e. The molecule has 0 spiro atoms. The zero-order valence-electron chi connectivity index (χ0n) is 15.4. The number of rotatable bonds is 4. The fourth-order valence-corrected chi connectivity index (χ4v) is 3.47. The lowest BCUT2D eigenvalue weighted by atomic mass is 9.98. The van der Waals surface area contributed by atoms with Crippen molar-refractivity contribution < 1.29 is 18.7 Å². The van der Waals surface area contributed by atoms with Gasteiger partial charge in [0.05, 0.1) is 30.0 Å². The number of hydrogen-bond donors (Lipinski definition) is 0. The summed E-state index contributed by atoms with van der Waals surface area (Å²) in [7, 11) is 0. The normalized spacial score (nSPS) is 14.3. The molecule has 1 fully saturated rings. The number of nitrogens with zero attached hydrogens (tertiary/aromatic N) is 2. The summed E-state index contributed by atoms with van der Waals surface area (Å²) in [6.07, 6.45) is 1.45. The van der Waals surface area contributed by atoms with Gasteiger partial charge in [0.25, 0.3) is 0 Å². The summed E-state index contributed by atoms with van der Waals surface area (Å²) in [6.45, 7) is 4.28. The first-order chi connectivity index (χ1) is 13.5. The van der Waals surface area contributed by atoms with Gasteiger partial charge in [0.15, 0.2) is 0 Å². The molecule has 0 amide bonds. The van der Waals surface area contributed by atoms with Gasteiger partial charge in [-0.1, -0.05) is 23.8 Å². The Morgan fingerprint density at radius 1 is 1.07 bits per heavy atom. The molecule has 0 bridgehead atoms. The Hall–Kier alpha value is -3.12. The maximum atomic E-state index is 13.5. The van der Waals surface area contributed by atoms with Crippen LogP contribution in [0.1, 0.15) is 26.3 Å². The molecule has 2 heterocycles. The molecule has 0 N–H and O–H groups in total. The minimum Gasteiger partial charge on any atom is -0.378 e. The van der Waals surface area contributed by atoms with Crippen molar-refractivity contribution in [2.24, 2.45) is 0 Å². The van der Waals surface area contributed by atoms with Crippen LogP contribution in [0.4, 0.5) is 10.1 Å². The second-order valence-corrected chi connectivity index (χ2v) is 6.81. The number of benzene rings is 2. The lowest BCUT2D eigenvalue weighted by Crippen LogP contribution is -2.37. The first-order valence-electron chi connectivity index (χ1n) is 9.11. The Bertz CT molecular complexity index is 1070. The van der Waals surface area contributed by atoms with Crippen molar-refractivity contribution in [2.45, 2.75) is 6.92 Å². The predicted octanol–water partition coefficient (Wildman–Crippen LogP) is 3.58. The average Bonchev–Trinajstić information content (AvgIpc) is 2.72. The Balaban J connectivity index is 1.85. The molecule has 4 rings (SSSR count). The number of ether oxygens (including phenoxy) is 1. The van der Waals surface area contributed by atoms with Gasteiger partial charge in [-0.25, -0.2) is 4.39 Å². The molecular formula is C22H19FN2O3. The maximum absolute atomic E-state index is 13.5. The molecule has 1 aromatic heterocycles. The van der Waals surface area contributed by atoms with Gasteiger partial charge in [0.1, 0.15) is 5.82 Å². The second-order valence-electron chi connectivity index (χ2n) is 6.81. The van der Waals surface area contributed by atoms with Crippen molar-refractivity contribution in [3.05, 3.63) is 71.2 Å². The lowest BCUT2D eigenvalue weighted by Gasteiger charge is -2.31. The number of hydrogen-bond acceptors (Lipinski definition) is 5. The highest BCUT2D eigenvalue weighted by Crippen LogP contribution is 2.32. The quantitative estimate of drug-likeness (QED) is 0.513. The third kappa shape index (κ3) is 3.39. The standard InChI is InChI=1S/C22H19FN2O3/c1-14-5-6-19-17(11-14)20(25-7-9-28-10-8-25)18(13-24-19)22(27)21(26)15-3-2-4-16(23)12-15/h2-6,11-13H,7-10H2,1H3. The molecule has 1 aliphatic heterocycles. The molecule has 3 aromatic rings. The summed E-state index contributed by atoms with van der Waals surface area (Å²) in [4.78, 5) is 32.3. The van der Waals surface area contributed by atoms with Gasteiger partial charge in [-0.05, 0) is 31.2 Å². The highest BCUT2D eigenvalue weighted by Gasteiger charge is 2.27. The van der Waals surface area contributed by atoms with Gasteiger partial charge in [0, 0.05) is 30.2 Å². The van der Waals surface area contributed by atoms with E-state index in [2.05, 4.69) is 9.88 Å². The largest absolute Gasteiger partial charge is 0.378 e. The van der Waals surface area contributed by atoms with E-state index in [1.54, 1.807) is 0 Å². The van der Waals surface area contributed by atoms with Crippen molar-refractivity contribution in [3.63, 3.8) is 0 Å². The van der Waals surface area contributed by atoms with Gasteiger partial charge < -0.3 is 9.64 Å². The molecule has 1 aliphatic rings. The van der Waals surface area contributed by atoms with Crippen molar-refractivity contribution in [1.29, 1.82) is 0 Å². The number of pyridine rings is 1. The molecule has 0 aliphatic carbocycles. The molecule has 28 heavy (non-hydrogen) atoms. The molecule has 2 aromatic carbocycles. The van der Waals surface area contributed by atoms with Crippen LogP contribution < -0.4 is 4.90 Å². The summed E-state index contributed by atoms with van der Waals surface area (Å²) in [6, 6.07) is 11.0. The van der Waals surface area contributed by atoms with Crippen molar-refractivity contribution in [1.82, 2.24) is 4.98 Å². The Morgan fingerprint density at radius 3 is 2.61 bits per heavy atom. The van der Waals surface area contributed by atoms with Gasteiger partial charge in [-0.3, -0.25) is 14.6 Å². The number of fused-ring (bicyclic) bond motifs is 1. The highest BCUT2D eigenvalue weighted by molar-refractivity contribution is 6.50. The number of ketones is 2. The van der Waals surface area contributed by atoms with Crippen LogP contribution in [0.2, 0.25) is 0 Å². The number of morpholine rings is 1. The minimum atomic E-state index is -0.747. The zero-order valence-corrected chi connectivity index (χ0v) is 15.4. The van der Waals surface area contributed by atoms with Crippen LogP contribution in [0.15, 0.2) is 48.7 Å². The number of anilines is 1. The van der Waals surface area contributed by atoms with Crippen LogP contribution in [-0.4, -0.2) is 42.9 Å². The number of halogens is 1. The molecular weight excluding hydrogens is 359 g/mol. The van der Waals surface area contributed by atoms with E-state index in [0.29, 0.717) is 32.0 Å². The topological polar surface area (TPSA) is 59.5 Å². The van der Waals surface area contributed by atoms with Gasteiger partial charge in [0.2, 0.25) is 11.6 Å². The van der Waals surface area contributed by atoms with E-state index < -0.39 is 17.4 Å². The molecule has 6 heteroatoms. The van der Waals surface area contributed by atoms with Crippen molar-refractivity contribution in [3.8, 4) is 0 Å². The summed E-state index contributed by atoms with van der Waals surface area (Å²) in [5, 5.41) is 0.819. The SMILES string of the molecule is Cc1ccc2ncc(C(=O)C(=O)c3cccc(F)c3)c(N3CCOCC3)c2c1. The molecule has 142 valence electrons. The molecule has 0 radical (unpaired) electrons. The van der Waals surface area contributed by atoms with Crippen molar-refractivity contribution >= 4 is 28.2 Å². The summed E-state index contributed by atoms with van der Waals surface area (Å²) in [5.74, 6) is -2.00. The molecule has 1 saturated heterocycles. The predicted molar refractivity (Wildman–Crippen MR) is 105 cm³/mol. The molecule has 0 unspecified atom stereocenters. The summed E-state index contributed by atoms with van der Waals surface area (Å²) in [5.41, 5.74) is 2.73. The zero-order chi connectivity index (χ0) is 19.7. The lowest BCUT2D eigenvalue weighted by molar-refractivity contribution is 0.0816. The van der Waals surface area contributed by atoms with Crippen LogP contribution in [-0.2, 0) is 4.74 Å². The van der Waals surface area contributed by atoms with E-state index in [-0.39, 0.29) is 11.1 Å². The third-order valence-corrected chi connectivity index (χ3v) is 4.86. The minimum absolute atomic E-state index is 0.0299. The first-order valence-corrected chi connectivity index (χ1v) is 9.11.